The SMILES string of the molecule is COc1ccc(C2(OC(=O)NC(C)c3ccccc3)OC(=O)C(c3ccc4c(c3)OCO4)=C2Cc2ccccc2)cc1.CS. The van der Waals surface area contributed by atoms with Crippen molar-refractivity contribution in [2.45, 2.75) is 25.2 Å². The number of esters is 1. The largest absolute Gasteiger partial charge is 0.497 e. The van der Waals surface area contributed by atoms with Gasteiger partial charge < -0.3 is 29.0 Å². The van der Waals surface area contributed by atoms with Gasteiger partial charge in [-0.3, -0.25) is 0 Å². The molecule has 1 N–H and O–H groups in total. The van der Waals surface area contributed by atoms with Gasteiger partial charge in [0, 0.05) is 17.6 Å². The van der Waals surface area contributed by atoms with Gasteiger partial charge >= 0.3 is 17.8 Å². The smallest absolute Gasteiger partial charge is 0.411 e. The Morgan fingerprint density at radius 3 is 2.25 bits per heavy atom. The molecule has 0 aromatic heterocycles. The second-order valence-corrected chi connectivity index (χ2v) is 9.98. The summed E-state index contributed by atoms with van der Waals surface area (Å²) in [6.07, 6.45) is 1.22. The molecule has 226 valence electrons. The van der Waals surface area contributed by atoms with E-state index in [0.29, 0.717) is 33.9 Å². The third kappa shape index (κ3) is 6.23. The zero-order valence-electron chi connectivity index (χ0n) is 24.6. The van der Waals surface area contributed by atoms with E-state index in [-0.39, 0.29) is 24.8 Å². The summed E-state index contributed by atoms with van der Waals surface area (Å²) in [5, 5.41) is 2.89. The molecular formula is C35H33NO7S. The van der Waals surface area contributed by atoms with E-state index in [4.69, 9.17) is 23.7 Å². The first kappa shape index (κ1) is 30.6. The molecule has 0 radical (unpaired) electrons. The Morgan fingerprint density at radius 2 is 1.57 bits per heavy atom. The van der Waals surface area contributed by atoms with Gasteiger partial charge in [-0.15, -0.1) is 0 Å². The highest BCUT2D eigenvalue weighted by atomic mass is 32.1. The maximum absolute atomic E-state index is 13.8. The molecule has 6 rings (SSSR count). The van der Waals surface area contributed by atoms with Crippen LogP contribution in [-0.2, 0) is 26.5 Å². The van der Waals surface area contributed by atoms with Crippen LogP contribution in [0.5, 0.6) is 17.2 Å². The predicted molar refractivity (Wildman–Crippen MR) is 170 cm³/mol. The zero-order valence-corrected chi connectivity index (χ0v) is 25.5. The minimum absolute atomic E-state index is 0.0951. The van der Waals surface area contributed by atoms with E-state index in [9.17, 15) is 9.59 Å². The van der Waals surface area contributed by atoms with Gasteiger partial charge in [0.2, 0.25) is 6.79 Å². The molecule has 0 fully saturated rings. The summed E-state index contributed by atoms with van der Waals surface area (Å²) in [5.41, 5.74) is 3.59. The molecule has 8 nitrogen and oxygen atoms in total. The molecule has 44 heavy (non-hydrogen) atoms. The van der Waals surface area contributed by atoms with Crippen LogP contribution in [0, 0.1) is 0 Å². The Hall–Kier alpha value is -4.89. The number of methoxy groups -OCH3 is 1. The molecule has 2 unspecified atom stereocenters. The van der Waals surface area contributed by atoms with Crippen LogP contribution in [0.15, 0.2) is 109 Å². The van der Waals surface area contributed by atoms with E-state index in [0.717, 1.165) is 11.1 Å². The van der Waals surface area contributed by atoms with Crippen molar-refractivity contribution in [1.29, 1.82) is 0 Å². The summed E-state index contributed by atoms with van der Waals surface area (Å²) in [4.78, 5) is 27.4. The van der Waals surface area contributed by atoms with E-state index < -0.39 is 17.8 Å². The van der Waals surface area contributed by atoms with Crippen LogP contribution in [-0.4, -0.2) is 32.2 Å². The first-order valence-corrected chi connectivity index (χ1v) is 14.9. The quantitative estimate of drug-likeness (QED) is 0.166. The fourth-order valence-corrected chi connectivity index (χ4v) is 5.23. The van der Waals surface area contributed by atoms with Crippen molar-refractivity contribution in [3.63, 3.8) is 0 Å². The van der Waals surface area contributed by atoms with Crippen molar-refractivity contribution < 1.29 is 33.3 Å². The number of carbonyl (C=O) groups is 2. The van der Waals surface area contributed by atoms with Gasteiger partial charge in [0.15, 0.2) is 11.5 Å². The maximum atomic E-state index is 13.8. The first-order chi connectivity index (χ1) is 21.5. The van der Waals surface area contributed by atoms with Gasteiger partial charge in [-0.05, 0) is 66.3 Å². The molecular weight excluding hydrogens is 578 g/mol. The van der Waals surface area contributed by atoms with E-state index in [1.165, 1.54) is 0 Å². The van der Waals surface area contributed by atoms with Crippen LogP contribution in [0.25, 0.3) is 5.57 Å². The normalized spacial score (nSPS) is 17.2. The molecule has 9 heteroatoms. The van der Waals surface area contributed by atoms with E-state index in [1.807, 2.05) is 67.6 Å². The molecule has 4 aromatic rings. The highest BCUT2D eigenvalue weighted by molar-refractivity contribution is 7.79. The van der Waals surface area contributed by atoms with Gasteiger partial charge in [-0.25, -0.2) is 9.59 Å². The Balaban J connectivity index is 0.00000188. The number of benzene rings is 4. The topological polar surface area (TPSA) is 92.3 Å². The van der Waals surface area contributed by atoms with E-state index in [2.05, 4.69) is 17.9 Å². The summed E-state index contributed by atoms with van der Waals surface area (Å²) < 4.78 is 28.8. The second kappa shape index (κ2) is 13.6. The van der Waals surface area contributed by atoms with Crippen LogP contribution in [0.2, 0.25) is 0 Å². The van der Waals surface area contributed by atoms with Gasteiger partial charge in [-0.1, -0.05) is 66.7 Å². The molecule has 1 amide bonds. The highest BCUT2D eigenvalue weighted by Crippen LogP contribution is 2.49. The second-order valence-electron chi connectivity index (χ2n) is 9.98. The van der Waals surface area contributed by atoms with Crippen molar-refractivity contribution >= 4 is 30.3 Å². The molecule has 2 heterocycles. The molecule has 2 aliphatic rings. The molecule has 0 bridgehead atoms. The average Bonchev–Trinajstić information content (AvgIpc) is 3.64. The number of nitrogens with one attached hydrogen (secondary N) is 1. The highest BCUT2D eigenvalue weighted by Gasteiger charge is 2.53. The molecule has 2 aliphatic heterocycles. The Bertz CT molecular complexity index is 1640. The average molecular weight is 612 g/mol. The number of carbonyl (C=O) groups excluding carboxylic acids is 2. The molecule has 0 saturated heterocycles. The molecule has 0 spiro atoms. The number of hydrogen-bond donors (Lipinski definition) is 2. The fraction of sp³-hybridized carbons (Fsp3) is 0.200. The maximum Gasteiger partial charge on any atom is 0.411 e. The predicted octanol–water partition coefficient (Wildman–Crippen LogP) is 6.86. The standard InChI is InChI=1S/C34H29NO7.CH4S/c1-22(24-11-7-4-8-12-24)35-33(37)42-34(26-14-16-27(38-2)17-15-26)28(19-23-9-5-3-6-10-23)31(32(36)41-34)25-13-18-29-30(20-25)40-21-39-29;1-2/h3-18,20,22H,19,21H2,1-2H3,(H,35,37);2H,1H3. The van der Waals surface area contributed by atoms with Crippen molar-refractivity contribution in [1.82, 2.24) is 5.32 Å². The minimum Gasteiger partial charge on any atom is -0.497 e. The monoisotopic (exact) mass is 611 g/mol. The summed E-state index contributed by atoms with van der Waals surface area (Å²) in [5.74, 6) is -0.776. The minimum atomic E-state index is -1.86. The molecule has 2 atom stereocenters. The Kier molecular flexibility index (Phi) is 9.45. The van der Waals surface area contributed by atoms with Gasteiger partial charge in [-0.2, -0.15) is 12.6 Å². The number of fused-ring (bicyclic) bond motifs is 1. The van der Waals surface area contributed by atoms with Crippen LogP contribution in [0.4, 0.5) is 4.79 Å². The van der Waals surface area contributed by atoms with Crippen LogP contribution >= 0.6 is 12.6 Å². The summed E-state index contributed by atoms with van der Waals surface area (Å²) in [7, 11) is 1.56. The van der Waals surface area contributed by atoms with E-state index >= 15 is 0 Å². The van der Waals surface area contributed by atoms with Crippen LogP contribution < -0.4 is 19.5 Å². The van der Waals surface area contributed by atoms with Crippen LogP contribution in [0.3, 0.4) is 0 Å². The number of cyclic esters (lactones) is 1. The lowest BCUT2D eigenvalue weighted by molar-refractivity contribution is -0.185. The van der Waals surface area contributed by atoms with Crippen molar-refractivity contribution in [2.24, 2.45) is 0 Å². The third-order valence-electron chi connectivity index (χ3n) is 7.37. The zero-order chi connectivity index (χ0) is 31.1. The molecule has 0 saturated carbocycles. The van der Waals surface area contributed by atoms with Crippen LogP contribution in [0.1, 0.15) is 35.2 Å². The van der Waals surface area contributed by atoms with Crippen molar-refractivity contribution in [2.75, 3.05) is 20.2 Å². The number of rotatable bonds is 8. The first-order valence-electron chi connectivity index (χ1n) is 14.0. The van der Waals surface area contributed by atoms with Gasteiger partial charge in [0.1, 0.15) is 5.75 Å². The summed E-state index contributed by atoms with van der Waals surface area (Å²) in [6, 6.07) is 31.0. The van der Waals surface area contributed by atoms with Gasteiger partial charge in [0.05, 0.1) is 18.7 Å². The van der Waals surface area contributed by atoms with Gasteiger partial charge in [0.25, 0.3) is 0 Å². The molecule has 0 aliphatic carbocycles. The Morgan fingerprint density at radius 1 is 0.909 bits per heavy atom. The van der Waals surface area contributed by atoms with Crippen molar-refractivity contribution in [3.8, 4) is 17.2 Å². The fourth-order valence-electron chi connectivity index (χ4n) is 5.23. The Labute approximate surface area is 262 Å². The third-order valence-corrected chi connectivity index (χ3v) is 7.37. The lowest BCUT2D eigenvalue weighted by Gasteiger charge is -2.31. The number of thiol groups is 1. The summed E-state index contributed by atoms with van der Waals surface area (Å²) in [6.45, 7) is 1.95. The number of alkyl carbamates (subject to hydrolysis) is 1. The number of amides is 1. The number of hydrogen-bond acceptors (Lipinski definition) is 8. The van der Waals surface area contributed by atoms with Crippen molar-refractivity contribution in [3.05, 3.63) is 131 Å². The lowest BCUT2D eigenvalue weighted by atomic mass is 9.87. The van der Waals surface area contributed by atoms with E-state index in [1.54, 1.807) is 55.8 Å². The molecule has 4 aromatic carbocycles. The number of ether oxygens (including phenoxy) is 5. The lowest BCUT2D eigenvalue weighted by Crippen LogP contribution is -2.40. The summed E-state index contributed by atoms with van der Waals surface area (Å²) >= 11 is 3.53.